The molecule has 2 aromatic carbocycles. The number of carbonyl (C=O) groups is 4. The number of amides is 3. The predicted octanol–water partition coefficient (Wildman–Crippen LogP) is 2.58. The minimum Gasteiger partial charge on any atom is -0.455 e. The van der Waals surface area contributed by atoms with Gasteiger partial charge >= 0.3 is 5.97 Å². The first-order chi connectivity index (χ1) is 14.9. The van der Waals surface area contributed by atoms with Crippen molar-refractivity contribution in [2.24, 2.45) is 5.92 Å². The molecule has 3 amide bonds. The second-order valence-corrected chi connectivity index (χ2v) is 7.46. The fraction of sp³-hybridized carbons (Fsp3) is 0.273. The number of hydrazine groups is 1. The number of ether oxygens (including phenoxy) is 1. The Hall–Kier alpha value is -3.39. The first-order valence-electron chi connectivity index (χ1n) is 9.78. The van der Waals surface area contributed by atoms with Gasteiger partial charge in [0.1, 0.15) is 0 Å². The van der Waals surface area contributed by atoms with Gasteiger partial charge in [-0.25, -0.2) is 0 Å². The molecule has 0 spiro atoms. The molecule has 2 aromatic rings. The molecule has 0 saturated carbocycles. The molecule has 162 valence electrons. The molecule has 1 aliphatic rings. The molecule has 1 fully saturated rings. The number of para-hydroxylation sites is 1. The molecule has 0 aliphatic carbocycles. The maximum atomic E-state index is 12.3. The average molecular weight is 444 g/mol. The van der Waals surface area contributed by atoms with E-state index in [0.717, 1.165) is 17.0 Å². The highest BCUT2D eigenvalue weighted by atomic mass is 35.5. The SMILES string of the molecule is CCc1ccccc1NC(=O)COC(=O)[C@@H]1CC(=O)N(NC(=O)c2ccc(Cl)cc2)C1. The molecule has 2 N–H and O–H groups in total. The zero-order valence-electron chi connectivity index (χ0n) is 16.9. The Balaban J connectivity index is 1.49. The van der Waals surface area contributed by atoms with E-state index in [-0.39, 0.29) is 13.0 Å². The molecule has 0 aromatic heterocycles. The molecule has 1 saturated heterocycles. The van der Waals surface area contributed by atoms with E-state index >= 15 is 0 Å². The van der Waals surface area contributed by atoms with Crippen LogP contribution in [0.15, 0.2) is 48.5 Å². The van der Waals surface area contributed by atoms with Gasteiger partial charge in [0.25, 0.3) is 11.8 Å². The lowest BCUT2D eigenvalue weighted by molar-refractivity contribution is -0.151. The number of nitrogens with zero attached hydrogens (tertiary/aromatic N) is 1. The molecule has 0 bridgehead atoms. The lowest BCUT2D eigenvalue weighted by atomic mass is 10.1. The summed E-state index contributed by atoms with van der Waals surface area (Å²) < 4.78 is 5.08. The van der Waals surface area contributed by atoms with Crippen molar-refractivity contribution in [3.63, 3.8) is 0 Å². The average Bonchev–Trinajstić information content (AvgIpc) is 3.13. The Bertz CT molecular complexity index is 993. The molecule has 8 nitrogen and oxygen atoms in total. The molecule has 1 atom stereocenters. The summed E-state index contributed by atoms with van der Waals surface area (Å²) in [5.74, 6) is -2.81. The quantitative estimate of drug-likeness (QED) is 0.640. The molecular weight excluding hydrogens is 422 g/mol. The minimum absolute atomic E-state index is 0.0305. The van der Waals surface area contributed by atoms with E-state index in [1.165, 1.54) is 12.1 Å². The van der Waals surface area contributed by atoms with E-state index in [1.807, 2.05) is 19.1 Å². The largest absolute Gasteiger partial charge is 0.455 e. The number of hydrogen-bond donors (Lipinski definition) is 2. The van der Waals surface area contributed by atoms with Crippen LogP contribution in [0.4, 0.5) is 5.69 Å². The van der Waals surface area contributed by atoms with Crippen LogP contribution < -0.4 is 10.7 Å². The van der Waals surface area contributed by atoms with E-state index in [9.17, 15) is 19.2 Å². The number of halogens is 1. The van der Waals surface area contributed by atoms with Gasteiger partial charge in [-0.15, -0.1) is 0 Å². The van der Waals surface area contributed by atoms with Crippen molar-refractivity contribution in [1.82, 2.24) is 10.4 Å². The van der Waals surface area contributed by atoms with Crippen LogP contribution in [0.5, 0.6) is 0 Å². The summed E-state index contributed by atoms with van der Waals surface area (Å²) >= 11 is 5.80. The van der Waals surface area contributed by atoms with Crippen molar-refractivity contribution >= 4 is 41.0 Å². The normalized spacial score (nSPS) is 15.5. The Morgan fingerprint density at radius 3 is 2.55 bits per heavy atom. The number of benzene rings is 2. The monoisotopic (exact) mass is 443 g/mol. The molecule has 3 rings (SSSR count). The van der Waals surface area contributed by atoms with Crippen LogP contribution in [0.25, 0.3) is 0 Å². The molecule has 0 radical (unpaired) electrons. The van der Waals surface area contributed by atoms with Crippen molar-refractivity contribution in [2.45, 2.75) is 19.8 Å². The number of carbonyl (C=O) groups excluding carboxylic acids is 4. The third-order valence-electron chi connectivity index (χ3n) is 4.82. The third-order valence-corrected chi connectivity index (χ3v) is 5.07. The Kier molecular flexibility index (Phi) is 7.25. The lowest BCUT2D eigenvalue weighted by Crippen LogP contribution is -2.43. The van der Waals surface area contributed by atoms with Crippen molar-refractivity contribution in [3.05, 3.63) is 64.7 Å². The number of nitrogens with one attached hydrogen (secondary N) is 2. The summed E-state index contributed by atoms with van der Waals surface area (Å²) in [6.45, 7) is 1.48. The molecule has 1 aliphatic heterocycles. The second kappa shape index (κ2) is 10.1. The molecule has 1 heterocycles. The lowest BCUT2D eigenvalue weighted by Gasteiger charge is -2.17. The van der Waals surface area contributed by atoms with Crippen LogP contribution in [-0.2, 0) is 25.5 Å². The third kappa shape index (κ3) is 5.82. The van der Waals surface area contributed by atoms with Crippen molar-refractivity contribution in [1.29, 1.82) is 0 Å². The summed E-state index contributed by atoms with van der Waals surface area (Å²) in [4.78, 5) is 48.8. The van der Waals surface area contributed by atoms with Gasteiger partial charge in [0.2, 0.25) is 5.91 Å². The van der Waals surface area contributed by atoms with Gasteiger partial charge in [-0.2, -0.15) is 0 Å². The van der Waals surface area contributed by atoms with E-state index in [4.69, 9.17) is 16.3 Å². The maximum absolute atomic E-state index is 12.3. The zero-order valence-corrected chi connectivity index (χ0v) is 17.6. The van der Waals surface area contributed by atoms with Crippen molar-refractivity contribution in [3.8, 4) is 0 Å². The van der Waals surface area contributed by atoms with Crippen LogP contribution >= 0.6 is 11.6 Å². The fourth-order valence-corrected chi connectivity index (χ4v) is 3.28. The van der Waals surface area contributed by atoms with Crippen LogP contribution in [0.3, 0.4) is 0 Å². The standard InChI is InChI=1S/C22H22ClN3O5/c1-2-14-5-3-4-6-18(14)24-19(27)13-31-22(30)16-11-20(28)26(12-16)25-21(29)15-7-9-17(23)10-8-15/h3-10,16H,2,11-13H2,1H3,(H,24,27)(H,25,29)/t16-/m1/s1. The van der Waals surface area contributed by atoms with Gasteiger partial charge in [0.05, 0.1) is 12.5 Å². The first-order valence-corrected chi connectivity index (χ1v) is 10.2. The number of esters is 1. The fourth-order valence-electron chi connectivity index (χ4n) is 3.15. The van der Waals surface area contributed by atoms with Gasteiger partial charge in [-0.3, -0.25) is 29.6 Å². The second-order valence-electron chi connectivity index (χ2n) is 7.02. The van der Waals surface area contributed by atoms with Crippen LogP contribution in [0.1, 0.15) is 29.3 Å². The minimum atomic E-state index is -0.770. The highest BCUT2D eigenvalue weighted by Gasteiger charge is 2.36. The summed E-state index contributed by atoms with van der Waals surface area (Å²) in [6.07, 6.45) is 0.637. The van der Waals surface area contributed by atoms with Crippen LogP contribution in [0.2, 0.25) is 5.02 Å². The van der Waals surface area contributed by atoms with Gasteiger partial charge in [0, 0.05) is 22.7 Å². The van der Waals surface area contributed by atoms with E-state index in [1.54, 1.807) is 24.3 Å². The van der Waals surface area contributed by atoms with Crippen LogP contribution in [0, 0.1) is 5.92 Å². The van der Waals surface area contributed by atoms with Gasteiger partial charge < -0.3 is 10.1 Å². The zero-order chi connectivity index (χ0) is 22.4. The topological polar surface area (TPSA) is 105 Å². The summed E-state index contributed by atoms with van der Waals surface area (Å²) in [5.41, 5.74) is 4.43. The van der Waals surface area contributed by atoms with Crippen molar-refractivity contribution < 1.29 is 23.9 Å². The molecular formula is C22H22ClN3O5. The Labute approximate surface area is 184 Å². The number of anilines is 1. The van der Waals surface area contributed by atoms with Gasteiger partial charge in [0.15, 0.2) is 6.61 Å². The smallest absolute Gasteiger partial charge is 0.311 e. The van der Waals surface area contributed by atoms with Crippen LogP contribution in [-0.4, -0.2) is 41.9 Å². The number of aryl methyl sites for hydroxylation is 1. The highest BCUT2D eigenvalue weighted by molar-refractivity contribution is 6.30. The summed E-state index contributed by atoms with van der Waals surface area (Å²) in [6, 6.07) is 13.5. The summed E-state index contributed by atoms with van der Waals surface area (Å²) in [7, 11) is 0. The van der Waals surface area contributed by atoms with Gasteiger partial charge in [-0.05, 0) is 42.3 Å². The number of hydrogen-bond acceptors (Lipinski definition) is 5. The van der Waals surface area contributed by atoms with E-state index in [2.05, 4.69) is 10.7 Å². The summed E-state index contributed by atoms with van der Waals surface area (Å²) in [5, 5.41) is 4.28. The maximum Gasteiger partial charge on any atom is 0.311 e. The predicted molar refractivity (Wildman–Crippen MR) is 114 cm³/mol. The molecule has 0 unspecified atom stereocenters. The first kappa shape index (κ1) is 22.3. The Morgan fingerprint density at radius 1 is 1.13 bits per heavy atom. The van der Waals surface area contributed by atoms with Gasteiger partial charge in [-0.1, -0.05) is 36.7 Å². The molecule has 31 heavy (non-hydrogen) atoms. The van der Waals surface area contributed by atoms with Crippen molar-refractivity contribution in [2.75, 3.05) is 18.5 Å². The van der Waals surface area contributed by atoms with E-state index in [0.29, 0.717) is 16.3 Å². The number of rotatable bonds is 7. The molecule has 9 heteroatoms. The highest BCUT2D eigenvalue weighted by Crippen LogP contribution is 2.19. The van der Waals surface area contributed by atoms with E-state index < -0.39 is 36.2 Å². The Morgan fingerprint density at radius 2 is 1.84 bits per heavy atom.